The first kappa shape index (κ1) is 19.5. The number of fused-ring (bicyclic) bond motifs is 1. The second-order valence-corrected chi connectivity index (χ2v) is 9.48. The number of hydrogen-bond donors (Lipinski definition) is 0. The SMILES string of the molecule is CCc1cn(CCc2ccc(-c3cccc(S(C)(=O)=O)c3)cc2)c2ccccc12. The largest absolute Gasteiger partial charge is 0.347 e. The van der Waals surface area contributed by atoms with Crippen LogP contribution >= 0.6 is 0 Å². The van der Waals surface area contributed by atoms with Crippen molar-refractivity contribution in [3.8, 4) is 11.1 Å². The maximum absolute atomic E-state index is 11.8. The van der Waals surface area contributed by atoms with Crippen LogP contribution in [0.5, 0.6) is 0 Å². The summed E-state index contributed by atoms with van der Waals surface area (Å²) in [5, 5.41) is 1.34. The van der Waals surface area contributed by atoms with E-state index in [-0.39, 0.29) is 0 Å². The lowest BCUT2D eigenvalue weighted by atomic mass is 10.0. The zero-order valence-corrected chi connectivity index (χ0v) is 17.6. The molecule has 4 heteroatoms. The van der Waals surface area contributed by atoms with Crippen molar-refractivity contribution in [2.24, 2.45) is 0 Å². The molecule has 1 heterocycles. The van der Waals surface area contributed by atoms with E-state index in [1.54, 1.807) is 18.2 Å². The lowest BCUT2D eigenvalue weighted by molar-refractivity contribution is 0.602. The molecule has 0 unspecified atom stereocenters. The smallest absolute Gasteiger partial charge is 0.175 e. The van der Waals surface area contributed by atoms with Gasteiger partial charge >= 0.3 is 0 Å². The van der Waals surface area contributed by atoms with E-state index in [1.807, 2.05) is 6.07 Å². The molecule has 0 saturated heterocycles. The summed E-state index contributed by atoms with van der Waals surface area (Å²) in [5.41, 5.74) is 5.89. The summed E-state index contributed by atoms with van der Waals surface area (Å²) in [6.45, 7) is 3.13. The van der Waals surface area contributed by atoms with Crippen molar-refractivity contribution in [1.29, 1.82) is 0 Å². The number of rotatable bonds is 6. The Morgan fingerprint density at radius 1 is 0.862 bits per heavy atom. The third kappa shape index (κ3) is 4.13. The first-order valence-corrected chi connectivity index (χ1v) is 11.8. The van der Waals surface area contributed by atoms with Crippen molar-refractivity contribution >= 4 is 20.7 Å². The van der Waals surface area contributed by atoms with E-state index in [2.05, 4.69) is 66.2 Å². The summed E-state index contributed by atoms with van der Waals surface area (Å²) >= 11 is 0. The van der Waals surface area contributed by atoms with Crippen LogP contribution in [0, 0.1) is 0 Å². The van der Waals surface area contributed by atoms with Gasteiger partial charge in [-0.1, -0.05) is 61.5 Å². The molecule has 0 N–H and O–H groups in total. The Hall–Kier alpha value is -2.85. The minimum atomic E-state index is -3.20. The van der Waals surface area contributed by atoms with Crippen molar-refractivity contribution < 1.29 is 8.42 Å². The average molecular weight is 404 g/mol. The maximum Gasteiger partial charge on any atom is 0.175 e. The quantitative estimate of drug-likeness (QED) is 0.425. The molecule has 0 aliphatic rings. The van der Waals surface area contributed by atoms with E-state index in [0.29, 0.717) is 4.90 Å². The van der Waals surface area contributed by atoms with Gasteiger partial charge in [0.25, 0.3) is 0 Å². The molecule has 148 valence electrons. The van der Waals surface area contributed by atoms with E-state index < -0.39 is 9.84 Å². The van der Waals surface area contributed by atoms with Crippen LogP contribution in [0.2, 0.25) is 0 Å². The van der Waals surface area contributed by atoms with E-state index in [1.165, 1.54) is 28.3 Å². The number of para-hydroxylation sites is 1. The molecule has 0 fully saturated rings. The van der Waals surface area contributed by atoms with Crippen LogP contribution in [0.15, 0.2) is 83.9 Å². The average Bonchev–Trinajstić information content (AvgIpc) is 3.10. The molecular weight excluding hydrogens is 378 g/mol. The summed E-state index contributed by atoms with van der Waals surface area (Å²) in [4.78, 5) is 0.352. The normalized spacial score (nSPS) is 11.8. The minimum absolute atomic E-state index is 0.352. The topological polar surface area (TPSA) is 39.1 Å². The van der Waals surface area contributed by atoms with Crippen molar-refractivity contribution in [1.82, 2.24) is 4.57 Å². The van der Waals surface area contributed by atoms with Crippen LogP contribution in [-0.2, 0) is 29.2 Å². The lowest BCUT2D eigenvalue weighted by Crippen LogP contribution is -2.00. The van der Waals surface area contributed by atoms with Crippen molar-refractivity contribution in [2.45, 2.75) is 31.2 Å². The van der Waals surface area contributed by atoms with Gasteiger partial charge in [-0.3, -0.25) is 0 Å². The third-order valence-corrected chi connectivity index (χ3v) is 6.55. The number of nitrogens with zero attached hydrogens (tertiary/aromatic N) is 1. The lowest BCUT2D eigenvalue weighted by Gasteiger charge is -2.08. The molecule has 0 amide bonds. The second-order valence-electron chi connectivity index (χ2n) is 7.47. The summed E-state index contributed by atoms with van der Waals surface area (Å²) in [6.07, 6.45) is 5.50. The third-order valence-electron chi connectivity index (χ3n) is 5.44. The standard InChI is InChI=1S/C25H25NO2S/c1-3-20-18-26(25-10-5-4-9-24(20)25)16-15-19-11-13-21(14-12-19)22-7-6-8-23(17-22)29(2,27)28/h4-14,17-18H,3,15-16H2,1-2H3. The van der Waals surface area contributed by atoms with Gasteiger partial charge in [0.1, 0.15) is 0 Å². The van der Waals surface area contributed by atoms with Crippen molar-refractivity contribution in [2.75, 3.05) is 6.26 Å². The van der Waals surface area contributed by atoms with Crippen LogP contribution in [0.3, 0.4) is 0 Å². The molecular formula is C25H25NO2S. The highest BCUT2D eigenvalue weighted by Crippen LogP contribution is 2.24. The molecule has 0 saturated carbocycles. The Kier molecular flexibility index (Phi) is 5.29. The van der Waals surface area contributed by atoms with Crippen LogP contribution < -0.4 is 0 Å². The van der Waals surface area contributed by atoms with Crippen LogP contribution in [0.1, 0.15) is 18.1 Å². The molecule has 0 aliphatic heterocycles. The van der Waals surface area contributed by atoms with Gasteiger partial charge in [-0.15, -0.1) is 0 Å². The van der Waals surface area contributed by atoms with Gasteiger partial charge in [-0.25, -0.2) is 8.42 Å². The van der Waals surface area contributed by atoms with Crippen molar-refractivity contribution in [3.63, 3.8) is 0 Å². The Labute approximate surface area is 172 Å². The molecule has 3 aromatic carbocycles. The monoisotopic (exact) mass is 403 g/mol. The van der Waals surface area contributed by atoms with Gasteiger partial charge in [0.05, 0.1) is 4.90 Å². The summed E-state index contributed by atoms with van der Waals surface area (Å²) < 4.78 is 26.0. The molecule has 1 aromatic heterocycles. The zero-order chi connectivity index (χ0) is 20.4. The number of aryl methyl sites for hydroxylation is 3. The van der Waals surface area contributed by atoms with Gasteiger partial charge in [-0.2, -0.15) is 0 Å². The molecule has 4 aromatic rings. The molecule has 0 atom stereocenters. The molecule has 3 nitrogen and oxygen atoms in total. The molecule has 29 heavy (non-hydrogen) atoms. The Bertz CT molecular complexity index is 1250. The first-order chi connectivity index (χ1) is 14.0. The second kappa shape index (κ2) is 7.88. The van der Waals surface area contributed by atoms with Crippen LogP contribution in [-0.4, -0.2) is 19.2 Å². The van der Waals surface area contributed by atoms with Gasteiger partial charge in [0.2, 0.25) is 0 Å². The molecule has 0 bridgehead atoms. The van der Waals surface area contributed by atoms with Crippen LogP contribution in [0.25, 0.3) is 22.0 Å². The van der Waals surface area contributed by atoms with E-state index in [0.717, 1.165) is 30.5 Å². The van der Waals surface area contributed by atoms with Gasteiger partial charge in [-0.05, 0) is 53.3 Å². The minimum Gasteiger partial charge on any atom is -0.347 e. The fourth-order valence-corrected chi connectivity index (χ4v) is 4.48. The number of aromatic nitrogens is 1. The summed E-state index contributed by atoms with van der Waals surface area (Å²) in [6, 6.07) is 24.1. The van der Waals surface area contributed by atoms with Crippen LogP contribution in [0.4, 0.5) is 0 Å². The van der Waals surface area contributed by atoms with E-state index >= 15 is 0 Å². The van der Waals surface area contributed by atoms with E-state index in [4.69, 9.17) is 0 Å². The molecule has 0 spiro atoms. The maximum atomic E-state index is 11.8. The molecule has 4 rings (SSSR count). The fraction of sp³-hybridized carbons (Fsp3) is 0.200. The number of sulfone groups is 1. The predicted octanol–water partition coefficient (Wildman–Crippen LogP) is 5.52. The predicted molar refractivity (Wildman–Crippen MR) is 120 cm³/mol. The Morgan fingerprint density at radius 3 is 2.34 bits per heavy atom. The fourth-order valence-electron chi connectivity index (χ4n) is 3.81. The highest BCUT2D eigenvalue weighted by atomic mass is 32.2. The molecule has 0 aliphatic carbocycles. The Balaban J connectivity index is 1.53. The highest BCUT2D eigenvalue weighted by molar-refractivity contribution is 7.90. The summed E-state index contributed by atoms with van der Waals surface area (Å²) in [5.74, 6) is 0. The zero-order valence-electron chi connectivity index (χ0n) is 16.8. The van der Waals surface area contributed by atoms with Gasteiger partial charge in [0, 0.05) is 29.9 Å². The van der Waals surface area contributed by atoms with E-state index in [9.17, 15) is 8.42 Å². The number of benzene rings is 3. The van der Waals surface area contributed by atoms with Crippen molar-refractivity contribution in [3.05, 3.63) is 90.1 Å². The summed E-state index contributed by atoms with van der Waals surface area (Å²) in [7, 11) is -3.20. The van der Waals surface area contributed by atoms with Gasteiger partial charge in [0.15, 0.2) is 9.84 Å². The highest BCUT2D eigenvalue weighted by Gasteiger charge is 2.09. The number of hydrogen-bond acceptors (Lipinski definition) is 2. The van der Waals surface area contributed by atoms with Gasteiger partial charge < -0.3 is 4.57 Å². The Morgan fingerprint density at radius 2 is 1.62 bits per heavy atom. The first-order valence-electron chi connectivity index (χ1n) is 9.92. The molecule has 0 radical (unpaired) electrons.